The van der Waals surface area contributed by atoms with Crippen LogP contribution in [0.2, 0.25) is 0 Å². The summed E-state index contributed by atoms with van der Waals surface area (Å²) in [5.74, 6) is 0.133. The number of amides is 1. The summed E-state index contributed by atoms with van der Waals surface area (Å²) < 4.78 is 39.8. The van der Waals surface area contributed by atoms with Gasteiger partial charge in [-0.2, -0.15) is 13.2 Å². The first-order valence-electron chi connectivity index (χ1n) is 6.91. The van der Waals surface area contributed by atoms with E-state index in [-0.39, 0.29) is 5.56 Å². The van der Waals surface area contributed by atoms with Crippen LogP contribution >= 0.6 is 0 Å². The molecule has 0 saturated heterocycles. The van der Waals surface area contributed by atoms with Crippen LogP contribution in [0.25, 0.3) is 11.0 Å². The van der Waals surface area contributed by atoms with Crippen LogP contribution in [0.1, 0.15) is 30.0 Å². The van der Waals surface area contributed by atoms with Gasteiger partial charge in [0.05, 0.1) is 11.0 Å². The number of carbonyl (C=O) groups excluding carboxylic acids is 1. The van der Waals surface area contributed by atoms with Gasteiger partial charge in [-0.3, -0.25) is 4.79 Å². The number of rotatable bonds is 3. The van der Waals surface area contributed by atoms with Crippen molar-refractivity contribution in [2.24, 2.45) is 7.05 Å². The maximum Gasteiger partial charge on any atom is 0.406 e. The standard InChI is InChI=1S/C15H18F3N3O/c1-9(2)21(8-15(16,17)18)14(22)11-5-6-13-12(7-11)19-10(3)20(13)4/h5-7,9H,8H2,1-4H3. The molecule has 1 heterocycles. The van der Waals surface area contributed by atoms with E-state index < -0.39 is 24.7 Å². The molecule has 2 aromatic rings. The normalized spacial score (nSPS) is 12.2. The van der Waals surface area contributed by atoms with Crippen molar-refractivity contribution in [1.29, 1.82) is 0 Å². The lowest BCUT2D eigenvalue weighted by molar-refractivity contribution is -0.143. The first-order valence-corrected chi connectivity index (χ1v) is 6.91. The molecule has 0 spiro atoms. The molecule has 0 aliphatic carbocycles. The predicted molar refractivity (Wildman–Crippen MR) is 77.7 cm³/mol. The lowest BCUT2D eigenvalue weighted by Crippen LogP contribution is -2.43. The molecule has 2 rings (SSSR count). The summed E-state index contributed by atoms with van der Waals surface area (Å²) >= 11 is 0. The van der Waals surface area contributed by atoms with Gasteiger partial charge in [0.15, 0.2) is 0 Å². The highest BCUT2D eigenvalue weighted by atomic mass is 19.4. The van der Waals surface area contributed by atoms with Gasteiger partial charge in [0.1, 0.15) is 12.4 Å². The van der Waals surface area contributed by atoms with E-state index in [1.165, 1.54) is 12.1 Å². The molecule has 4 nitrogen and oxygen atoms in total. The van der Waals surface area contributed by atoms with Crippen LogP contribution in [0.4, 0.5) is 13.2 Å². The van der Waals surface area contributed by atoms with E-state index in [0.717, 1.165) is 16.2 Å². The first kappa shape index (κ1) is 16.3. The summed E-state index contributed by atoms with van der Waals surface area (Å²) in [6.45, 7) is 3.69. The van der Waals surface area contributed by atoms with Crippen molar-refractivity contribution in [3.63, 3.8) is 0 Å². The molecular formula is C15H18F3N3O. The van der Waals surface area contributed by atoms with Crippen molar-refractivity contribution in [2.45, 2.75) is 33.0 Å². The van der Waals surface area contributed by atoms with E-state index in [2.05, 4.69) is 4.98 Å². The Labute approximate surface area is 126 Å². The Balaban J connectivity index is 2.38. The van der Waals surface area contributed by atoms with E-state index in [9.17, 15) is 18.0 Å². The molecule has 0 bridgehead atoms. The molecule has 0 aliphatic rings. The van der Waals surface area contributed by atoms with Crippen LogP contribution in [-0.4, -0.2) is 39.1 Å². The molecule has 1 aromatic heterocycles. The highest BCUT2D eigenvalue weighted by Crippen LogP contribution is 2.22. The molecule has 0 fully saturated rings. The Hall–Kier alpha value is -2.05. The molecule has 0 atom stereocenters. The number of carbonyl (C=O) groups is 1. The second-order valence-corrected chi connectivity index (χ2v) is 5.56. The second kappa shape index (κ2) is 5.62. The number of aromatic nitrogens is 2. The Morgan fingerprint density at radius 1 is 1.36 bits per heavy atom. The number of nitrogens with zero attached hydrogens (tertiary/aromatic N) is 3. The van der Waals surface area contributed by atoms with Gasteiger partial charge in [-0.15, -0.1) is 0 Å². The third kappa shape index (κ3) is 3.23. The molecule has 0 aliphatic heterocycles. The van der Waals surface area contributed by atoms with Gasteiger partial charge in [-0.25, -0.2) is 4.98 Å². The van der Waals surface area contributed by atoms with Gasteiger partial charge in [0, 0.05) is 18.7 Å². The number of alkyl halides is 3. The minimum absolute atomic E-state index is 0.212. The molecular weight excluding hydrogens is 295 g/mol. The Bertz CT molecular complexity index is 704. The lowest BCUT2D eigenvalue weighted by Gasteiger charge is -2.27. The van der Waals surface area contributed by atoms with Crippen molar-refractivity contribution in [1.82, 2.24) is 14.5 Å². The van der Waals surface area contributed by atoms with Crippen LogP contribution in [0, 0.1) is 6.92 Å². The fourth-order valence-electron chi connectivity index (χ4n) is 2.30. The number of halogens is 3. The van der Waals surface area contributed by atoms with Gasteiger partial charge in [0.2, 0.25) is 0 Å². The van der Waals surface area contributed by atoms with E-state index in [1.54, 1.807) is 19.9 Å². The van der Waals surface area contributed by atoms with E-state index in [0.29, 0.717) is 5.52 Å². The van der Waals surface area contributed by atoms with Crippen molar-refractivity contribution >= 4 is 16.9 Å². The minimum atomic E-state index is -4.42. The van der Waals surface area contributed by atoms with Crippen LogP contribution in [0.15, 0.2) is 18.2 Å². The SMILES string of the molecule is Cc1nc2cc(C(=O)N(CC(F)(F)F)C(C)C)ccc2n1C. The van der Waals surface area contributed by atoms with Crippen LogP contribution in [0.3, 0.4) is 0 Å². The zero-order chi connectivity index (χ0) is 16.7. The number of fused-ring (bicyclic) bond motifs is 1. The average molecular weight is 313 g/mol. The smallest absolute Gasteiger partial charge is 0.331 e. The fourth-order valence-corrected chi connectivity index (χ4v) is 2.30. The van der Waals surface area contributed by atoms with Crippen molar-refractivity contribution in [2.75, 3.05) is 6.54 Å². The number of imidazole rings is 1. The van der Waals surface area contributed by atoms with Crippen molar-refractivity contribution in [3.05, 3.63) is 29.6 Å². The lowest BCUT2D eigenvalue weighted by atomic mass is 10.1. The zero-order valence-corrected chi connectivity index (χ0v) is 12.9. The van der Waals surface area contributed by atoms with Crippen molar-refractivity contribution in [3.8, 4) is 0 Å². The first-order chi connectivity index (χ1) is 10.1. The summed E-state index contributed by atoms with van der Waals surface area (Å²) in [6.07, 6.45) is -4.42. The molecule has 0 radical (unpaired) electrons. The van der Waals surface area contributed by atoms with Gasteiger partial charge in [-0.05, 0) is 39.0 Å². The molecule has 1 amide bonds. The molecule has 120 valence electrons. The third-order valence-corrected chi connectivity index (χ3v) is 3.59. The molecule has 0 saturated carbocycles. The molecule has 7 heteroatoms. The van der Waals surface area contributed by atoms with Crippen LogP contribution < -0.4 is 0 Å². The van der Waals surface area contributed by atoms with Gasteiger partial charge >= 0.3 is 6.18 Å². The maximum atomic E-state index is 12.6. The van der Waals surface area contributed by atoms with Gasteiger partial charge in [0.25, 0.3) is 5.91 Å². The number of aryl methyl sites for hydroxylation is 2. The predicted octanol–water partition coefficient (Wildman–Crippen LogP) is 3.29. The summed E-state index contributed by atoms with van der Waals surface area (Å²) in [5, 5.41) is 0. The molecule has 0 unspecified atom stereocenters. The molecule has 0 N–H and O–H groups in total. The summed E-state index contributed by atoms with van der Waals surface area (Å²) in [6, 6.07) is 4.23. The Morgan fingerprint density at radius 2 is 2.00 bits per heavy atom. The van der Waals surface area contributed by atoms with Crippen LogP contribution in [-0.2, 0) is 7.05 Å². The molecule has 1 aromatic carbocycles. The maximum absolute atomic E-state index is 12.6. The van der Waals surface area contributed by atoms with E-state index in [4.69, 9.17) is 0 Å². The quantitative estimate of drug-likeness (QED) is 0.872. The van der Waals surface area contributed by atoms with Gasteiger partial charge < -0.3 is 9.47 Å². The van der Waals surface area contributed by atoms with E-state index >= 15 is 0 Å². The number of benzene rings is 1. The van der Waals surface area contributed by atoms with Crippen molar-refractivity contribution < 1.29 is 18.0 Å². The summed E-state index contributed by atoms with van der Waals surface area (Å²) in [4.78, 5) is 17.5. The number of hydrogen-bond donors (Lipinski definition) is 0. The monoisotopic (exact) mass is 313 g/mol. The summed E-state index contributed by atoms with van der Waals surface area (Å²) in [5.41, 5.74) is 1.64. The van der Waals surface area contributed by atoms with Gasteiger partial charge in [-0.1, -0.05) is 0 Å². The largest absolute Gasteiger partial charge is 0.406 e. The zero-order valence-electron chi connectivity index (χ0n) is 12.9. The average Bonchev–Trinajstić information content (AvgIpc) is 2.69. The van der Waals surface area contributed by atoms with Crippen LogP contribution in [0.5, 0.6) is 0 Å². The van der Waals surface area contributed by atoms with E-state index in [1.807, 2.05) is 18.5 Å². The highest BCUT2D eigenvalue weighted by Gasteiger charge is 2.34. The topological polar surface area (TPSA) is 38.1 Å². The number of hydrogen-bond acceptors (Lipinski definition) is 2. The third-order valence-electron chi connectivity index (χ3n) is 3.59. The fraction of sp³-hybridized carbons (Fsp3) is 0.467. The summed E-state index contributed by atoms with van der Waals surface area (Å²) in [7, 11) is 1.84. The second-order valence-electron chi connectivity index (χ2n) is 5.56. The minimum Gasteiger partial charge on any atom is -0.331 e. The Morgan fingerprint density at radius 3 is 2.55 bits per heavy atom. The Kier molecular flexibility index (Phi) is 4.17. The highest BCUT2D eigenvalue weighted by molar-refractivity contribution is 5.97. The molecule has 22 heavy (non-hydrogen) atoms.